The van der Waals surface area contributed by atoms with Gasteiger partial charge >= 0.3 is 0 Å². The fourth-order valence-corrected chi connectivity index (χ4v) is 1.56. The van der Waals surface area contributed by atoms with Gasteiger partial charge in [0.15, 0.2) is 0 Å². The van der Waals surface area contributed by atoms with Gasteiger partial charge in [-0.15, -0.1) is 0 Å². The molecule has 0 spiro atoms. The first kappa shape index (κ1) is 12.2. The number of halogens is 1. The van der Waals surface area contributed by atoms with Crippen molar-refractivity contribution in [1.29, 1.82) is 0 Å². The summed E-state index contributed by atoms with van der Waals surface area (Å²) in [6.45, 7) is 2.00. The molecular weight excluding hydrogens is 258 g/mol. The van der Waals surface area contributed by atoms with Crippen molar-refractivity contribution in [3.8, 4) is 0 Å². The van der Waals surface area contributed by atoms with Gasteiger partial charge in [0.1, 0.15) is 0 Å². The van der Waals surface area contributed by atoms with E-state index in [4.69, 9.17) is 5.11 Å². The third-order valence-electron chi connectivity index (χ3n) is 1.98. The Morgan fingerprint density at radius 3 is 2.47 bits per heavy atom. The molecule has 0 fully saturated rings. The summed E-state index contributed by atoms with van der Waals surface area (Å²) in [6.07, 6.45) is -0.505. The highest BCUT2D eigenvalue weighted by Gasteiger charge is 2.12. The minimum Gasteiger partial charge on any atom is -0.392 e. The Bertz CT molecular complexity index is 335. The minimum absolute atomic E-state index is 0.0802. The van der Waals surface area contributed by atoms with Crippen molar-refractivity contribution in [2.24, 2.45) is 0 Å². The number of rotatable bonds is 3. The van der Waals surface area contributed by atoms with E-state index < -0.39 is 6.10 Å². The molecule has 1 atom stereocenters. The summed E-state index contributed by atoms with van der Waals surface area (Å²) in [5.41, 5.74) is 0.626. The fraction of sp³-hybridized carbons (Fsp3) is 0.364. The molecular formula is C11H14BrNO2. The largest absolute Gasteiger partial charge is 0.392 e. The summed E-state index contributed by atoms with van der Waals surface area (Å²) < 4.78 is 0.942. The molecule has 0 aliphatic carbocycles. The Morgan fingerprint density at radius 1 is 1.47 bits per heavy atom. The lowest BCUT2D eigenvalue weighted by Crippen LogP contribution is -2.32. The van der Waals surface area contributed by atoms with E-state index in [-0.39, 0.29) is 5.91 Å². The molecule has 3 nitrogen and oxygen atoms in total. The number of carbonyl (C=O) groups is 1. The van der Waals surface area contributed by atoms with Gasteiger partial charge < -0.3 is 10.0 Å². The standard InChI is InChI=1S/C11H14BrNO2/c1-8(14)7-13(2)11(15)9-3-5-10(12)6-4-9/h3-6,8,14H,7H2,1-2H3/t8-/m0/s1. The maximum Gasteiger partial charge on any atom is 0.253 e. The maximum atomic E-state index is 11.8. The summed E-state index contributed by atoms with van der Waals surface area (Å²) in [4.78, 5) is 13.3. The smallest absolute Gasteiger partial charge is 0.253 e. The SMILES string of the molecule is C[C@H](O)CN(C)C(=O)c1ccc(Br)cc1. The van der Waals surface area contributed by atoms with Crippen LogP contribution in [0.2, 0.25) is 0 Å². The average Bonchev–Trinajstić information content (AvgIpc) is 2.17. The molecule has 1 rings (SSSR count). The lowest BCUT2D eigenvalue weighted by molar-refractivity contribution is 0.0703. The summed E-state index contributed by atoms with van der Waals surface area (Å²) in [5.74, 6) is -0.0802. The van der Waals surface area contributed by atoms with Gasteiger partial charge in [0.25, 0.3) is 5.91 Å². The molecule has 4 heteroatoms. The summed E-state index contributed by atoms with van der Waals surface area (Å²) in [7, 11) is 1.68. The van der Waals surface area contributed by atoms with Crippen molar-refractivity contribution >= 4 is 21.8 Å². The van der Waals surface area contributed by atoms with Crippen LogP contribution in [-0.4, -0.2) is 35.6 Å². The monoisotopic (exact) mass is 271 g/mol. The maximum absolute atomic E-state index is 11.8. The highest BCUT2D eigenvalue weighted by Crippen LogP contribution is 2.11. The minimum atomic E-state index is -0.505. The highest BCUT2D eigenvalue weighted by molar-refractivity contribution is 9.10. The zero-order valence-electron chi connectivity index (χ0n) is 8.77. The van der Waals surface area contributed by atoms with Crippen LogP contribution in [0.3, 0.4) is 0 Å². The second kappa shape index (κ2) is 5.28. The number of likely N-dealkylation sites (N-methyl/N-ethyl adjacent to an activating group) is 1. The predicted octanol–water partition coefficient (Wildman–Crippen LogP) is 1.90. The number of hydrogen-bond donors (Lipinski definition) is 1. The summed E-state index contributed by atoms with van der Waals surface area (Å²) in [5, 5.41) is 9.16. The Kier molecular flexibility index (Phi) is 4.29. The number of aliphatic hydroxyl groups is 1. The first-order chi connectivity index (χ1) is 7.00. The molecule has 0 aliphatic heterocycles. The number of amides is 1. The molecule has 0 saturated carbocycles. The number of benzene rings is 1. The molecule has 1 N–H and O–H groups in total. The highest BCUT2D eigenvalue weighted by atomic mass is 79.9. The van der Waals surface area contributed by atoms with E-state index >= 15 is 0 Å². The zero-order chi connectivity index (χ0) is 11.4. The molecule has 0 radical (unpaired) electrons. The van der Waals surface area contributed by atoms with Crippen LogP contribution in [0.4, 0.5) is 0 Å². The first-order valence-electron chi connectivity index (χ1n) is 4.70. The van der Waals surface area contributed by atoms with Gasteiger partial charge in [-0.2, -0.15) is 0 Å². The topological polar surface area (TPSA) is 40.5 Å². The molecule has 0 heterocycles. The third-order valence-corrected chi connectivity index (χ3v) is 2.50. The van der Waals surface area contributed by atoms with Crippen molar-refractivity contribution in [2.75, 3.05) is 13.6 Å². The van der Waals surface area contributed by atoms with Crippen LogP contribution >= 0.6 is 15.9 Å². The lowest BCUT2D eigenvalue weighted by Gasteiger charge is -2.18. The van der Waals surface area contributed by atoms with Crippen LogP contribution in [0, 0.1) is 0 Å². The Hall–Kier alpha value is -0.870. The van der Waals surface area contributed by atoms with Gasteiger partial charge in [0, 0.05) is 23.6 Å². The molecule has 1 aromatic carbocycles. The van der Waals surface area contributed by atoms with Crippen LogP contribution in [0.25, 0.3) is 0 Å². The molecule has 0 aromatic heterocycles. The van der Waals surface area contributed by atoms with Crippen LogP contribution < -0.4 is 0 Å². The Balaban J connectivity index is 2.72. The average molecular weight is 272 g/mol. The molecule has 15 heavy (non-hydrogen) atoms. The van der Waals surface area contributed by atoms with E-state index in [2.05, 4.69) is 15.9 Å². The summed E-state index contributed by atoms with van der Waals surface area (Å²) in [6, 6.07) is 7.16. The van der Waals surface area contributed by atoms with E-state index in [0.717, 1.165) is 4.47 Å². The van der Waals surface area contributed by atoms with Gasteiger partial charge in [0.2, 0.25) is 0 Å². The molecule has 0 unspecified atom stereocenters. The van der Waals surface area contributed by atoms with E-state index in [9.17, 15) is 4.79 Å². The van der Waals surface area contributed by atoms with Gasteiger partial charge in [-0.3, -0.25) is 4.79 Å². The van der Waals surface area contributed by atoms with Crippen molar-refractivity contribution in [3.05, 3.63) is 34.3 Å². The van der Waals surface area contributed by atoms with E-state index in [1.807, 2.05) is 12.1 Å². The van der Waals surface area contributed by atoms with Crippen LogP contribution in [0.5, 0.6) is 0 Å². The van der Waals surface area contributed by atoms with Gasteiger partial charge in [-0.05, 0) is 31.2 Å². The fourth-order valence-electron chi connectivity index (χ4n) is 1.29. The lowest BCUT2D eigenvalue weighted by atomic mass is 10.2. The second-order valence-electron chi connectivity index (χ2n) is 3.54. The second-order valence-corrected chi connectivity index (χ2v) is 4.46. The van der Waals surface area contributed by atoms with Crippen LogP contribution in [0.15, 0.2) is 28.7 Å². The number of hydrogen-bond acceptors (Lipinski definition) is 2. The van der Waals surface area contributed by atoms with Crippen LogP contribution in [-0.2, 0) is 0 Å². The number of aliphatic hydroxyl groups excluding tert-OH is 1. The van der Waals surface area contributed by atoms with Crippen molar-refractivity contribution in [1.82, 2.24) is 4.90 Å². The van der Waals surface area contributed by atoms with E-state index in [1.165, 1.54) is 4.90 Å². The van der Waals surface area contributed by atoms with Crippen molar-refractivity contribution in [3.63, 3.8) is 0 Å². The van der Waals surface area contributed by atoms with Crippen LogP contribution in [0.1, 0.15) is 17.3 Å². The predicted molar refractivity (Wildman–Crippen MR) is 62.8 cm³/mol. The normalized spacial score (nSPS) is 12.3. The Morgan fingerprint density at radius 2 is 2.00 bits per heavy atom. The van der Waals surface area contributed by atoms with Gasteiger partial charge in [-0.1, -0.05) is 15.9 Å². The molecule has 1 aromatic rings. The first-order valence-corrected chi connectivity index (χ1v) is 5.49. The molecule has 0 bridgehead atoms. The Labute approximate surface area is 97.8 Å². The van der Waals surface area contributed by atoms with Gasteiger partial charge in [0.05, 0.1) is 6.10 Å². The third kappa shape index (κ3) is 3.64. The quantitative estimate of drug-likeness (QED) is 0.913. The van der Waals surface area contributed by atoms with Crippen molar-refractivity contribution in [2.45, 2.75) is 13.0 Å². The van der Waals surface area contributed by atoms with Crippen molar-refractivity contribution < 1.29 is 9.90 Å². The number of carbonyl (C=O) groups excluding carboxylic acids is 1. The number of nitrogens with zero attached hydrogens (tertiary/aromatic N) is 1. The molecule has 82 valence electrons. The zero-order valence-corrected chi connectivity index (χ0v) is 10.4. The molecule has 1 amide bonds. The summed E-state index contributed by atoms with van der Waals surface area (Å²) >= 11 is 3.31. The molecule has 0 saturated heterocycles. The van der Waals surface area contributed by atoms with E-state index in [1.54, 1.807) is 26.1 Å². The van der Waals surface area contributed by atoms with E-state index in [0.29, 0.717) is 12.1 Å². The van der Waals surface area contributed by atoms with Gasteiger partial charge in [-0.25, -0.2) is 0 Å². The molecule has 0 aliphatic rings.